The molecule has 0 atom stereocenters. The molecule has 0 aliphatic heterocycles. The monoisotopic (exact) mass is 546 g/mol. The van der Waals surface area contributed by atoms with E-state index in [0.29, 0.717) is 27.5 Å². The smallest absolute Gasteiger partial charge is 0.264 e. The third-order valence-corrected chi connectivity index (χ3v) is 7.54. The van der Waals surface area contributed by atoms with Crippen molar-refractivity contribution in [3.8, 4) is 17.1 Å². The topological polar surface area (TPSA) is 94.1 Å². The Morgan fingerprint density at radius 2 is 2.00 bits per heavy atom. The van der Waals surface area contributed by atoms with Crippen LogP contribution in [0.25, 0.3) is 21.5 Å². The lowest BCUT2D eigenvalue weighted by Crippen LogP contribution is -2.16. The maximum Gasteiger partial charge on any atom is 0.264 e. The highest BCUT2D eigenvalue weighted by atomic mass is 79.9. The zero-order chi connectivity index (χ0) is 22.3. The molecule has 0 aliphatic carbocycles. The van der Waals surface area contributed by atoms with Crippen LogP contribution in [0.3, 0.4) is 0 Å². The van der Waals surface area contributed by atoms with Crippen molar-refractivity contribution in [1.82, 2.24) is 15.0 Å². The first-order chi connectivity index (χ1) is 14.7. The average molecular weight is 548 g/mol. The van der Waals surface area contributed by atoms with E-state index in [4.69, 9.17) is 16.3 Å². The van der Waals surface area contributed by atoms with Gasteiger partial charge in [-0.1, -0.05) is 0 Å². The number of rotatable bonds is 5. The van der Waals surface area contributed by atoms with Crippen LogP contribution in [0.4, 0.5) is 14.5 Å². The van der Waals surface area contributed by atoms with Crippen molar-refractivity contribution >= 4 is 64.8 Å². The molecule has 13 heteroatoms. The Bertz CT molecular complexity index is 1430. The average Bonchev–Trinajstić information content (AvgIpc) is 3.07. The second kappa shape index (κ2) is 8.26. The maximum absolute atomic E-state index is 14.1. The number of benzene rings is 1. The van der Waals surface area contributed by atoms with Crippen molar-refractivity contribution in [1.29, 1.82) is 0 Å². The van der Waals surface area contributed by atoms with Gasteiger partial charge in [0.05, 0.1) is 22.0 Å². The summed E-state index contributed by atoms with van der Waals surface area (Å²) >= 11 is 10.8. The molecular weight excluding hydrogens is 538 g/mol. The summed E-state index contributed by atoms with van der Waals surface area (Å²) in [7, 11) is -3.11. The van der Waals surface area contributed by atoms with Gasteiger partial charge in [0.1, 0.15) is 27.7 Å². The third-order valence-electron chi connectivity index (χ3n) is 4.09. The lowest BCUT2D eigenvalue weighted by Gasteiger charge is -2.13. The molecule has 3 heterocycles. The predicted molar refractivity (Wildman–Crippen MR) is 117 cm³/mol. The lowest BCUT2D eigenvalue weighted by molar-refractivity contribution is 0.400. The van der Waals surface area contributed by atoms with Crippen LogP contribution in [0, 0.1) is 11.6 Å². The Kier molecular flexibility index (Phi) is 5.81. The molecule has 4 aromatic rings. The second-order valence-electron chi connectivity index (χ2n) is 6.06. The fraction of sp³-hybridized carbons (Fsp3) is 0.0556. The molecule has 160 valence electrons. The van der Waals surface area contributed by atoms with Gasteiger partial charge >= 0.3 is 0 Å². The van der Waals surface area contributed by atoms with Crippen LogP contribution in [0.2, 0.25) is 5.28 Å². The van der Waals surface area contributed by atoms with Gasteiger partial charge in [0.25, 0.3) is 10.0 Å². The molecule has 0 radical (unpaired) electrons. The van der Waals surface area contributed by atoms with Gasteiger partial charge in [-0.15, -0.1) is 11.3 Å². The zero-order valence-corrected chi connectivity index (χ0v) is 19.3. The Balaban J connectivity index is 1.83. The summed E-state index contributed by atoms with van der Waals surface area (Å²) in [5, 5.41) is 1.81. The molecule has 0 fully saturated rings. The van der Waals surface area contributed by atoms with Crippen LogP contribution in [0.15, 0.2) is 45.2 Å². The van der Waals surface area contributed by atoms with Gasteiger partial charge in [0.2, 0.25) is 11.2 Å². The first kappa shape index (κ1) is 21.8. The zero-order valence-electron chi connectivity index (χ0n) is 15.4. The van der Waals surface area contributed by atoms with E-state index < -0.39 is 26.6 Å². The summed E-state index contributed by atoms with van der Waals surface area (Å²) in [5.74, 6) is -2.19. The number of halogens is 4. The van der Waals surface area contributed by atoms with E-state index >= 15 is 0 Å². The molecule has 0 aliphatic rings. The van der Waals surface area contributed by atoms with Crippen molar-refractivity contribution in [2.24, 2.45) is 0 Å². The molecule has 0 spiro atoms. The van der Waals surface area contributed by atoms with E-state index in [1.807, 2.05) is 5.38 Å². The Morgan fingerprint density at radius 3 is 2.71 bits per heavy atom. The number of thiophene rings is 1. The molecule has 3 aromatic heterocycles. The number of sulfonamides is 1. The van der Waals surface area contributed by atoms with Crippen LogP contribution in [0.5, 0.6) is 5.88 Å². The van der Waals surface area contributed by atoms with Gasteiger partial charge in [0, 0.05) is 23.2 Å². The normalized spacial score (nSPS) is 11.6. The maximum atomic E-state index is 14.1. The minimum atomic E-state index is -4.41. The van der Waals surface area contributed by atoms with Crippen molar-refractivity contribution in [3.63, 3.8) is 0 Å². The number of methoxy groups -OCH3 is 1. The summed E-state index contributed by atoms with van der Waals surface area (Å²) in [5.41, 5.74) is 1.37. The molecule has 4 rings (SSSR count). The number of pyridine rings is 1. The van der Waals surface area contributed by atoms with E-state index in [1.54, 1.807) is 0 Å². The number of fused-ring (bicyclic) bond motifs is 1. The number of ether oxygens (including phenoxy) is 1. The van der Waals surface area contributed by atoms with Crippen LogP contribution in [-0.2, 0) is 10.0 Å². The number of nitrogens with zero attached hydrogens (tertiary/aromatic N) is 3. The molecule has 31 heavy (non-hydrogen) atoms. The molecule has 7 nitrogen and oxygen atoms in total. The number of nitrogens with one attached hydrogen (secondary N) is 1. The van der Waals surface area contributed by atoms with Gasteiger partial charge in [-0.2, -0.15) is 0 Å². The van der Waals surface area contributed by atoms with Gasteiger partial charge < -0.3 is 4.74 Å². The summed E-state index contributed by atoms with van der Waals surface area (Å²) in [4.78, 5) is 11.8. The van der Waals surface area contributed by atoms with Crippen LogP contribution < -0.4 is 9.46 Å². The van der Waals surface area contributed by atoms with Crippen LogP contribution in [0.1, 0.15) is 0 Å². The first-order valence-corrected chi connectivity index (χ1v) is 11.9. The number of anilines is 1. The van der Waals surface area contributed by atoms with Gasteiger partial charge in [-0.05, 0) is 45.7 Å². The molecule has 0 saturated carbocycles. The number of aromatic nitrogens is 3. The molecule has 1 N–H and O–H groups in total. The fourth-order valence-corrected chi connectivity index (χ4v) is 5.62. The van der Waals surface area contributed by atoms with Crippen molar-refractivity contribution in [2.75, 3.05) is 11.8 Å². The largest absolute Gasteiger partial charge is 0.480 e. The molecule has 0 amide bonds. The minimum Gasteiger partial charge on any atom is -0.480 e. The SMILES string of the molecule is COc1ncc(-c2nc(Cl)nc3c(Br)csc23)cc1NS(=O)(=O)c1ccc(F)cc1F. The minimum absolute atomic E-state index is 0.00654. The van der Waals surface area contributed by atoms with Crippen molar-refractivity contribution in [3.05, 3.63) is 57.2 Å². The van der Waals surface area contributed by atoms with Gasteiger partial charge in [-0.25, -0.2) is 32.2 Å². The quantitative estimate of drug-likeness (QED) is 0.343. The van der Waals surface area contributed by atoms with Gasteiger partial charge in [0.15, 0.2) is 0 Å². The molecule has 1 aromatic carbocycles. The van der Waals surface area contributed by atoms with Gasteiger partial charge in [-0.3, -0.25) is 4.72 Å². The van der Waals surface area contributed by atoms with E-state index in [2.05, 4.69) is 35.6 Å². The summed E-state index contributed by atoms with van der Waals surface area (Å²) in [6.07, 6.45) is 1.43. The highest BCUT2D eigenvalue weighted by molar-refractivity contribution is 9.10. The highest BCUT2D eigenvalue weighted by Gasteiger charge is 2.23. The molecule has 0 saturated heterocycles. The first-order valence-electron chi connectivity index (χ1n) is 8.32. The second-order valence-corrected chi connectivity index (χ2v) is 9.79. The van der Waals surface area contributed by atoms with Crippen LogP contribution in [-0.4, -0.2) is 30.5 Å². The summed E-state index contributed by atoms with van der Waals surface area (Å²) < 4.78 is 61.4. The molecular formula is C18H10BrClF2N4O3S2. The van der Waals surface area contributed by atoms with E-state index in [-0.39, 0.29) is 16.9 Å². The van der Waals surface area contributed by atoms with Crippen molar-refractivity contribution < 1.29 is 21.9 Å². The Labute approximate surface area is 192 Å². The standard InChI is InChI=1S/C18H10BrClF2N4O3S2/c1-29-17-12(26-31(27,28)13-3-2-9(21)5-11(13)22)4-8(6-23-17)14-16-15(10(19)7-30-16)25-18(20)24-14/h2-7,26H,1H3. The Morgan fingerprint density at radius 1 is 1.23 bits per heavy atom. The summed E-state index contributed by atoms with van der Waals surface area (Å²) in [6, 6.07) is 3.58. The number of hydrogen-bond acceptors (Lipinski definition) is 7. The molecule has 0 unspecified atom stereocenters. The number of hydrogen-bond donors (Lipinski definition) is 1. The van der Waals surface area contributed by atoms with Crippen LogP contribution >= 0.6 is 38.9 Å². The van der Waals surface area contributed by atoms with E-state index in [9.17, 15) is 17.2 Å². The van der Waals surface area contributed by atoms with E-state index in [0.717, 1.165) is 16.6 Å². The Hall–Kier alpha value is -2.41. The highest BCUT2D eigenvalue weighted by Crippen LogP contribution is 2.38. The predicted octanol–water partition coefficient (Wildman–Crippen LogP) is 5.26. The molecule has 0 bridgehead atoms. The van der Waals surface area contributed by atoms with E-state index in [1.165, 1.54) is 30.7 Å². The fourth-order valence-electron chi connectivity index (χ4n) is 2.77. The van der Waals surface area contributed by atoms with Crippen molar-refractivity contribution in [2.45, 2.75) is 4.90 Å². The third kappa shape index (κ3) is 4.20. The lowest BCUT2D eigenvalue weighted by atomic mass is 10.2. The summed E-state index contributed by atoms with van der Waals surface area (Å²) in [6.45, 7) is 0.